The molecule has 0 radical (unpaired) electrons. The number of hydrogen-bond acceptors (Lipinski definition) is 5. The van der Waals surface area contributed by atoms with Crippen LogP contribution in [0.2, 0.25) is 5.02 Å². The predicted molar refractivity (Wildman–Crippen MR) is 85.6 cm³/mol. The van der Waals surface area contributed by atoms with Gasteiger partial charge in [0.05, 0.1) is 5.02 Å². The first-order valence-corrected chi connectivity index (χ1v) is 8.95. The summed E-state index contributed by atoms with van der Waals surface area (Å²) in [6.45, 7) is 4.12. The number of unbranched alkanes of at least 4 members (excludes halogenated alkanes) is 1. The van der Waals surface area contributed by atoms with Crippen molar-refractivity contribution in [3.63, 3.8) is 0 Å². The fourth-order valence-corrected chi connectivity index (χ4v) is 3.58. The fourth-order valence-electron chi connectivity index (χ4n) is 2.02. The van der Waals surface area contributed by atoms with Gasteiger partial charge in [0.1, 0.15) is 4.90 Å². The van der Waals surface area contributed by atoms with E-state index in [4.69, 9.17) is 17.4 Å². The maximum Gasteiger partial charge on any atom is 0.242 e. The zero-order valence-corrected chi connectivity index (χ0v) is 14.0. The predicted octanol–water partition coefficient (Wildman–Crippen LogP) is 2.66. The molecule has 1 rings (SSSR count). The molecule has 1 aromatic heterocycles. The molecule has 0 bridgehead atoms. The average Bonchev–Trinajstić information content (AvgIpc) is 2.44. The first-order chi connectivity index (χ1) is 9.94. The topological polar surface area (TPSA) is 97.1 Å². The minimum atomic E-state index is -3.63. The Hall–Kier alpha value is -0.890. The van der Waals surface area contributed by atoms with Crippen LogP contribution in [0, 0.1) is 0 Å². The molecule has 0 spiro atoms. The Morgan fingerprint density at radius 3 is 2.57 bits per heavy atom. The molecule has 0 aliphatic heterocycles. The first-order valence-electron chi connectivity index (χ1n) is 7.09. The number of nitrogens with two attached hydrogens (primary N) is 1. The van der Waals surface area contributed by atoms with Crippen LogP contribution in [0.1, 0.15) is 46.0 Å². The highest BCUT2D eigenvalue weighted by Gasteiger charge is 2.20. The minimum Gasteiger partial charge on any atom is -0.307 e. The van der Waals surface area contributed by atoms with E-state index in [1.165, 1.54) is 12.3 Å². The number of nitrogen functional groups attached to an aromatic ring is 1. The van der Waals surface area contributed by atoms with E-state index >= 15 is 0 Å². The minimum absolute atomic E-state index is 0.0455. The Balaban J connectivity index is 2.90. The van der Waals surface area contributed by atoms with E-state index in [9.17, 15) is 8.42 Å². The summed E-state index contributed by atoms with van der Waals surface area (Å²) >= 11 is 5.92. The number of halogens is 1. The molecule has 4 N–H and O–H groups in total. The number of nitrogens with zero attached hydrogens (tertiary/aromatic N) is 1. The molecule has 0 fully saturated rings. The van der Waals surface area contributed by atoms with E-state index in [-0.39, 0.29) is 21.8 Å². The molecule has 0 amide bonds. The molecular weight excluding hydrogens is 312 g/mol. The number of hydrogen-bond donors (Lipinski definition) is 3. The summed E-state index contributed by atoms with van der Waals surface area (Å²) in [4.78, 5) is 3.94. The van der Waals surface area contributed by atoms with Crippen molar-refractivity contribution in [2.24, 2.45) is 5.84 Å². The summed E-state index contributed by atoms with van der Waals surface area (Å²) < 4.78 is 27.5. The fraction of sp³-hybridized carbons (Fsp3) is 0.615. The third kappa shape index (κ3) is 5.43. The smallest absolute Gasteiger partial charge is 0.242 e. The van der Waals surface area contributed by atoms with E-state index in [0.717, 1.165) is 32.1 Å². The molecule has 0 saturated heterocycles. The Labute approximate surface area is 131 Å². The standard InChI is InChI=1S/C13H23ClN4O2S/c1-3-5-7-10(6-4-2)18-21(19,20)11-8-12(14)13(17-15)16-9-11/h8-10,18H,3-7,15H2,1-2H3,(H,16,17). The van der Waals surface area contributed by atoms with E-state index in [1.54, 1.807) is 0 Å². The average molecular weight is 335 g/mol. The zero-order valence-electron chi connectivity index (χ0n) is 12.4. The van der Waals surface area contributed by atoms with Crippen LogP contribution in [0.15, 0.2) is 17.2 Å². The second-order valence-corrected chi connectivity index (χ2v) is 7.02. The summed E-state index contributed by atoms with van der Waals surface area (Å²) in [6, 6.07) is 1.28. The summed E-state index contributed by atoms with van der Waals surface area (Å²) in [5, 5.41) is 0.168. The van der Waals surface area contributed by atoms with Crippen molar-refractivity contribution in [2.45, 2.75) is 56.9 Å². The largest absolute Gasteiger partial charge is 0.307 e. The SMILES string of the molecule is CCCCC(CCC)NS(=O)(=O)c1cnc(NN)c(Cl)c1. The summed E-state index contributed by atoms with van der Waals surface area (Å²) in [5.41, 5.74) is 2.30. The molecule has 0 aromatic carbocycles. The molecule has 0 aliphatic carbocycles. The van der Waals surface area contributed by atoms with Crippen molar-refractivity contribution in [1.82, 2.24) is 9.71 Å². The van der Waals surface area contributed by atoms with Gasteiger partial charge >= 0.3 is 0 Å². The number of aromatic nitrogens is 1. The quantitative estimate of drug-likeness (QED) is 0.476. The Morgan fingerprint density at radius 2 is 2.05 bits per heavy atom. The van der Waals surface area contributed by atoms with Gasteiger partial charge in [-0.05, 0) is 18.9 Å². The van der Waals surface area contributed by atoms with Gasteiger partial charge in [0.2, 0.25) is 10.0 Å². The summed E-state index contributed by atoms with van der Waals surface area (Å²) in [6.07, 6.45) is 5.82. The number of hydrazine groups is 1. The zero-order chi connectivity index (χ0) is 15.9. The molecule has 1 atom stereocenters. The summed E-state index contributed by atoms with van der Waals surface area (Å²) in [5.74, 6) is 5.47. The van der Waals surface area contributed by atoms with Gasteiger partial charge in [-0.1, -0.05) is 44.7 Å². The van der Waals surface area contributed by atoms with Crippen molar-refractivity contribution >= 4 is 27.4 Å². The Bertz CT molecular complexity index is 551. The van der Waals surface area contributed by atoms with Crippen LogP contribution in [0.4, 0.5) is 5.82 Å². The Kier molecular flexibility index (Phi) is 7.37. The maximum absolute atomic E-state index is 12.4. The molecule has 1 aromatic rings. The first kappa shape index (κ1) is 18.2. The highest BCUT2D eigenvalue weighted by molar-refractivity contribution is 7.89. The molecule has 1 heterocycles. The molecule has 0 aliphatic rings. The lowest BCUT2D eigenvalue weighted by Crippen LogP contribution is -2.34. The van der Waals surface area contributed by atoms with Gasteiger partial charge in [0, 0.05) is 12.2 Å². The Morgan fingerprint density at radius 1 is 1.33 bits per heavy atom. The van der Waals surface area contributed by atoms with Crippen molar-refractivity contribution in [3.8, 4) is 0 Å². The number of sulfonamides is 1. The van der Waals surface area contributed by atoms with E-state index in [0.29, 0.717) is 0 Å². The van der Waals surface area contributed by atoms with Crippen LogP contribution < -0.4 is 16.0 Å². The van der Waals surface area contributed by atoms with Crippen LogP contribution in [0.25, 0.3) is 0 Å². The third-order valence-electron chi connectivity index (χ3n) is 3.13. The van der Waals surface area contributed by atoms with Crippen molar-refractivity contribution in [2.75, 3.05) is 5.43 Å². The van der Waals surface area contributed by atoms with Crippen molar-refractivity contribution in [1.29, 1.82) is 0 Å². The molecular formula is C13H23ClN4O2S. The van der Waals surface area contributed by atoms with E-state index in [2.05, 4.69) is 22.1 Å². The van der Waals surface area contributed by atoms with Crippen LogP contribution in [0.5, 0.6) is 0 Å². The van der Waals surface area contributed by atoms with Gasteiger partial charge in [-0.15, -0.1) is 0 Å². The number of pyridine rings is 1. The third-order valence-corrected chi connectivity index (χ3v) is 4.90. The van der Waals surface area contributed by atoms with E-state index in [1.807, 2.05) is 6.92 Å². The van der Waals surface area contributed by atoms with Crippen LogP contribution >= 0.6 is 11.6 Å². The van der Waals surface area contributed by atoms with Gasteiger partial charge in [-0.25, -0.2) is 24.0 Å². The molecule has 8 heteroatoms. The normalized spacial score (nSPS) is 13.1. The van der Waals surface area contributed by atoms with Crippen LogP contribution in [0.3, 0.4) is 0 Å². The second-order valence-electron chi connectivity index (χ2n) is 4.89. The lowest BCUT2D eigenvalue weighted by Gasteiger charge is -2.18. The summed E-state index contributed by atoms with van der Waals surface area (Å²) in [7, 11) is -3.63. The van der Waals surface area contributed by atoms with Gasteiger partial charge in [-0.3, -0.25) is 0 Å². The van der Waals surface area contributed by atoms with Crippen molar-refractivity contribution in [3.05, 3.63) is 17.3 Å². The number of rotatable bonds is 9. The number of nitrogens with one attached hydrogen (secondary N) is 2. The van der Waals surface area contributed by atoms with Gasteiger partial charge in [0.25, 0.3) is 0 Å². The lowest BCUT2D eigenvalue weighted by atomic mass is 10.1. The maximum atomic E-state index is 12.4. The molecule has 0 saturated carbocycles. The second kappa shape index (κ2) is 8.53. The van der Waals surface area contributed by atoms with Gasteiger partial charge in [-0.2, -0.15) is 0 Å². The van der Waals surface area contributed by atoms with Crippen LogP contribution in [-0.2, 0) is 10.0 Å². The number of anilines is 1. The molecule has 21 heavy (non-hydrogen) atoms. The molecule has 1 unspecified atom stereocenters. The molecule has 120 valence electrons. The monoisotopic (exact) mass is 334 g/mol. The van der Waals surface area contributed by atoms with Crippen LogP contribution in [-0.4, -0.2) is 19.4 Å². The van der Waals surface area contributed by atoms with Gasteiger partial charge in [0.15, 0.2) is 5.82 Å². The molecule has 6 nitrogen and oxygen atoms in total. The highest BCUT2D eigenvalue weighted by atomic mass is 35.5. The van der Waals surface area contributed by atoms with Gasteiger partial charge < -0.3 is 5.43 Å². The lowest BCUT2D eigenvalue weighted by molar-refractivity contribution is 0.483. The van der Waals surface area contributed by atoms with Crippen molar-refractivity contribution < 1.29 is 8.42 Å². The highest BCUT2D eigenvalue weighted by Crippen LogP contribution is 2.22. The van der Waals surface area contributed by atoms with E-state index < -0.39 is 10.0 Å².